The lowest BCUT2D eigenvalue weighted by atomic mass is 10.1. The van der Waals surface area contributed by atoms with Crippen molar-refractivity contribution in [2.24, 2.45) is 0 Å². The molecule has 110 valence electrons. The number of nitro groups is 1. The van der Waals surface area contributed by atoms with Crippen molar-refractivity contribution in [1.82, 2.24) is 5.32 Å². The van der Waals surface area contributed by atoms with Gasteiger partial charge in [-0.25, -0.2) is 0 Å². The third-order valence-electron chi connectivity index (χ3n) is 2.72. The first kappa shape index (κ1) is 16.2. The van der Waals surface area contributed by atoms with E-state index >= 15 is 0 Å². The van der Waals surface area contributed by atoms with E-state index in [0.29, 0.717) is 31.4 Å². The number of rotatable bonds is 8. The van der Waals surface area contributed by atoms with Gasteiger partial charge in [0, 0.05) is 25.1 Å². The average Bonchev–Trinajstić information content (AvgIpc) is 2.35. The van der Waals surface area contributed by atoms with Crippen LogP contribution in [0, 0.1) is 10.1 Å². The minimum absolute atomic E-state index is 0.0000113. The topological polar surface area (TPSA) is 64.4 Å². The molecule has 5 heteroatoms. The first-order valence-corrected chi connectivity index (χ1v) is 6.68. The summed E-state index contributed by atoms with van der Waals surface area (Å²) in [5.74, 6) is 0.319. The number of nitrogens with one attached hydrogen (secondary N) is 1. The second kappa shape index (κ2) is 7.65. The van der Waals surface area contributed by atoms with Crippen molar-refractivity contribution in [2.75, 3.05) is 6.61 Å². The molecule has 0 atom stereocenters. The molecule has 0 aliphatic carbocycles. The molecule has 0 bridgehead atoms. The lowest BCUT2D eigenvalue weighted by Gasteiger charge is -2.11. The van der Waals surface area contributed by atoms with Crippen LogP contribution < -0.4 is 10.1 Å². The number of hydrogen-bond donors (Lipinski definition) is 1. The molecule has 0 heterocycles. The summed E-state index contributed by atoms with van der Waals surface area (Å²) in [6.45, 7) is 10.9. The maximum atomic E-state index is 11.0. The molecule has 0 amide bonds. The Labute approximate surface area is 119 Å². The van der Waals surface area contributed by atoms with Gasteiger partial charge in [0.25, 0.3) is 0 Å². The van der Waals surface area contributed by atoms with Gasteiger partial charge in [0.1, 0.15) is 0 Å². The smallest absolute Gasteiger partial charge is 0.310 e. The van der Waals surface area contributed by atoms with Crippen molar-refractivity contribution in [2.45, 2.75) is 39.8 Å². The predicted octanol–water partition coefficient (Wildman–Crippen LogP) is 3.44. The molecule has 0 fully saturated rings. The highest BCUT2D eigenvalue weighted by Gasteiger charge is 2.15. The summed E-state index contributed by atoms with van der Waals surface area (Å²) in [4.78, 5) is 10.6. The van der Waals surface area contributed by atoms with E-state index in [4.69, 9.17) is 4.74 Å². The maximum Gasteiger partial charge on any atom is 0.310 e. The Hall–Kier alpha value is -1.88. The lowest BCUT2D eigenvalue weighted by molar-refractivity contribution is -0.385. The summed E-state index contributed by atoms with van der Waals surface area (Å²) in [5, 5.41) is 14.3. The maximum absolute atomic E-state index is 11.0. The first-order chi connectivity index (χ1) is 9.40. The lowest BCUT2D eigenvalue weighted by Crippen LogP contribution is -2.21. The molecule has 0 saturated carbocycles. The average molecular weight is 278 g/mol. The van der Waals surface area contributed by atoms with E-state index in [2.05, 4.69) is 25.7 Å². The normalized spacial score (nSPS) is 10.6. The van der Waals surface area contributed by atoms with Crippen LogP contribution in [-0.4, -0.2) is 17.6 Å². The number of ether oxygens (including phenoxy) is 1. The molecule has 20 heavy (non-hydrogen) atoms. The highest BCUT2D eigenvalue weighted by atomic mass is 16.6. The third kappa shape index (κ3) is 5.40. The Kier molecular flexibility index (Phi) is 6.18. The van der Waals surface area contributed by atoms with Gasteiger partial charge in [-0.2, -0.15) is 0 Å². The molecule has 1 N–H and O–H groups in total. The SMILES string of the molecule is C=C(C)CCOc1cc(CNC(C)C)ccc1[N+](=O)[O-]. The Morgan fingerprint density at radius 1 is 1.50 bits per heavy atom. The van der Waals surface area contributed by atoms with Crippen molar-refractivity contribution in [3.63, 3.8) is 0 Å². The zero-order valence-corrected chi connectivity index (χ0v) is 12.3. The number of nitro benzene ring substituents is 1. The van der Waals surface area contributed by atoms with Crippen LogP contribution in [0.1, 0.15) is 32.8 Å². The van der Waals surface area contributed by atoms with Crippen LogP contribution in [0.3, 0.4) is 0 Å². The molecule has 0 aliphatic rings. The molecule has 0 saturated heterocycles. The van der Waals surface area contributed by atoms with Crippen molar-refractivity contribution in [3.05, 3.63) is 46.0 Å². The highest BCUT2D eigenvalue weighted by molar-refractivity contribution is 5.48. The van der Waals surface area contributed by atoms with E-state index in [1.165, 1.54) is 6.07 Å². The van der Waals surface area contributed by atoms with Gasteiger partial charge < -0.3 is 10.1 Å². The Bertz CT molecular complexity index is 484. The minimum atomic E-state index is -0.421. The second-order valence-electron chi connectivity index (χ2n) is 5.15. The van der Waals surface area contributed by atoms with Gasteiger partial charge in [0.2, 0.25) is 0 Å². The molecule has 0 aromatic heterocycles. The quantitative estimate of drug-likeness (QED) is 0.449. The largest absolute Gasteiger partial charge is 0.486 e. The molecule has 0 unspecified atom stereocenters. The summed E-state index contributed by atoms with van der Waals surface area (Å²) in [6, 6.07) is 5.33. The van der Waals surface area contributed by atoms with Gasteiger partial charge in [0.15, 0.2) is 5.75 Å². The van der Waals surface area contributed by atoms with Gasteiger partial charge in [-0.3, -0.25) is 10.1 Å². The monoisotopic (exact) mass is 278 g/mol. The highest BCUT2D eigenvalue weighted by Crippen LogP contribution is 2.28. The molecule has 0 radical (unpaired) electrons. The van der Waals surface area contributed by atoms with Gasteiger partial charge in [-0.1, -0.05) is 25.5 Å². The summed E-state index contributed by atoms with van der Waals surface area (Å²) >= 11 is 0. The zero-order valence-electron chi connectivity index (χ0n) is 12.3. The van der Waals surface area contributed by atoms with E-state index < -0.39 is 4.92 Å². The number of hydrogen-bond acceptors (Lipinski definition) is 4. The fourth-order valence-corrected chi connectivity index (χ4v) is 1.59. The Morgan fingerprint density at radius 2 is 2.20 bits per heavy atom. The standard InChI is InChI=1S/C15H22N2O3/c1-11(2)7-8-20-15-9-13(10-16-12(3)4)5-6-14(15)17(18)19/h5-6,9,12,16H,1,7-8,10H2,2-4H3. The first-order valence-electron chi connectivity index (χ1n) is 6.68. The summed E-state index contributed by atoms with van der Waals surface area (Å²) in [6.07, 6.45) is 0.686. The van der Waals surface area contributed by atoms with Gasteiger partial charge in [-0.15, -0.1) is 6.58 Å². The van der Waals surface area contributed by atoms with Crippen LogP contribution in [0.5, 0.6) is 5.75 Å². The van der Waals surface area contributed by atoms with E-state index in [1.54, 1.807) is 12.1 Å². The second-order valence-corrected chi connectivity index (χ2v) is 5.15. The van der Waals surface area contributed by atoms with Crippen LogP contribution in [0.15, 0.2) is 30.4 Å². The van der Waals surface area contributed by atoms with E-state index in [1.807, 2.05) is 6.92 Å². The summed E-state index contributed by atoms with van der Waals surface area (Å²) in [7, 11) is 0. The van der Waals surface area contributed by atoms with Crippen molar-refractivity contribution < 1.29 is 9.66 Å². The summed E-state index contributed by atoms with van der Waals surface area (Å²) in [5.41, 5.74) is 1.96. The van der Waals surface area contributed by atoms with Gasteiger partial charge in [-0.05, 0) is 18.6 Å². The fraction of sp³-hybridized carbons (Fsp3) is 0.467. The minimum Gasteiger partial charge on any atom is -0.486 e. The van der Waals surface area contributed by atoms with E-state index in [-0.39, 0.29) is 5.69 Å². The Morgan fingerprint density at radius 3 is 2.75 bits per heavy atom. The fourth-order valence-electron chi connectivity index (χ4n) is 1.59. The Balaban J connectivity index is 2.82. The third-order valence-corrected chi connectivity index (χ3v) is 2.72. The van der Waals surface area contributed by atoms with Crippen molar-refractivity contribution in [1.29, 1.82) is 0 Å². The molecule has 0 aliphatic heterocycles. The van der Waals surface area contributed by atoms with Gasteiger partial charge >= 0.3 is 5.69 Å². The van der Waals surface area contributed by atoms with E-state index in [0.717, 1.165) is 11.1 Å². The number of nitrogens with zero attached hydrogens (tertiary/aromatic N) is 1. The van der Waals surface area contributed by atoms with Gasteiger partial charge in [0.05, 0.1) is 11.5 Å². The summed E-state index contributed by atoms with van der Waals surface area (Å²) < 4.78 is 5.53. The van der Waals surface area contributed by atoms with Crippen LogP contribution in [0.2, 0.25) is 0 Å². The zero-order chi connectivity index (χ0) is 15.1. The molecule has 1 aromatic rings. The van der Waals surface area contributed by atoms with Crippen molar-refractivity contribution >= 4 is 5.69 Å². The molecular formula is C15H22N2O3. The van der Waals surface area contributed by atoms with Crippen LogP contribution in [-0.2, 0) is 6.54 Å². The van der Waals surface area contributed by atoms with Crippen LogP contribution >= 0.6 is 0 Å². The van der Waals surface area contributed by atoms with Crippen LogP contribution in [0.25, 0.3) is 0 Å². The molecule has 1 aromatic carbocycles. The van der Waals surface area contributed by atoms with E-state index in [9.17, 15) is 10.1 Å². The van der Waals surface area contributed by atoms with Crippen LogP contribution in [0.4, 0.5) is 5.69 Å². The molecule has 1 rings (SSSR count). The predicted molar refractivity (Wildman–Crippen MR) is 80.0 cm³/mol. The van der Waals surface area contributed by atoms with Crippen molar-refractivity contribution in [3.8, 4) is 5.75 Å². The molecular weight excluding hydrogens is 256 g/mol. The number of benzene rings is 1. The molecule has 0 spiro atoms. The molecule has 5 nitrogen and oxygen atoms in total.